The molecule has 0 fully saturated rings. The first-order valence-electron chi connectivity index (χ1n) is 6.82. The minimum atomic E-state index is 1.01. The predicted octanol–water partition coefficient (Wildman–Crippen LogP) is 4.38. The maximum absolute atomic E-state index is 4.83. The molecule has 19 heavy (non-hydrogen) atoms. The molecule has 1 heterocycles. The van der Waals surface area contributed by atoms with Crippen LogP contribution in [0.2, 0.25) is 0 Å². The Morgan fingerprint density at radius 2 is 1.84 bits per heavy atom. The highest BCUT2D eigenvalue weighted by molar-refractivity contribution is 6.05. The van der Waals surface area contributed by atoms with Crippen molar-refractivity contribution in [3.05, 3.63) is 48.0 Å². The number of aryl methyl sites for hydroxylation is 1. The summed E-state index contributed by atoms with van der Waals surface area (Å²) in [7, 11) is 1.94. The summed E-state index contributed by atoms with van der Waals surface area (Å²) in [4.78, 5) is 4.83. The zero-order chi connectivity index (χ0) is 13.2. The lowest BCUT2D eigenvalue weighted by Crippen LogP contribution is -1.99. The minimum Gasteiger partial charge on any atom is -0.373 e. The third kappa shape index (κ3) is 2.03. The van der Waals surface area contributed by atoms with Crippen molar-refractivity contribution in [2.45, 2.75) is 19.8 Å². The van der Waals surface area contributed by atoms with Crippen molar-refractivity contribution in [2.75, 3.05) is 12.4 Å². The van der Waals surface area contributed by atoms with Crippen LogP contribution in [0.25, 0.3) is 21.7 Å². The molecule has 1 aromatic heterocycles. The van der Waals surface area contributed by atoms with Crippen molar-refractivity contribution in [1.29, 1.82) is 0 Å². The van der Waals surface area contributed by atoms with Crippen molar-refractivity contribution in [1.82, 2.24) is 4.98 Å². The Morgan fingerprint density at radius 1 is 1.05 bits per heavy atom. The van der Waals surface area contributed by atoms with E-state index in [1.54, 1.807) is 0 Å². The molecule has 0 spiro atoms. The molecule has 0 bridgehead atoms. The van der Waals surface area contributed by atoms with Gasteiger partial charge in [0.1, 0.15) is 5.82 Å². The largest absolute Gasteiger partial charge is 0.373 e. The molecule has 3 rings (SSSR count). The van der Waals surface area contributed by atoms with Gasteiger partial charge in [-0.05, 0) is 23.4 Å². The van der Waals surface area contributed by atoms with E-state index >= 15 is 0 Å². The van der Waals surface area contributed by atoms with Crippen LogP contribution in [-0.4, -0.2) is 12.0 Å². The lowest BCUT2D eigenvalue weighted by Gasteiger charge is -2.11. The Kier molecular flexibility index (Phi) is 3.08. The Morgan fingerprint density at radius 3 is 2.63 bits per heavy atom. The standard InChI is InChI=1S/C17H18N2/c1-3-6-14-11-13-10-9-12-7-4-5-8-15(12)16(13)19-17(14)18-2/h4-5,7-11H,3,6H2,1-2H3,(H,18,19). The van der Waals surface area contributed by atoms with Crippen molar-refractivity contribution in [3.63, 3.8) is 0 Å². The molecule has 0 radical (unpaired) electrons. The SMILES string of the molecule is CCCc1cc2ccc3ccccc3c2nc1NC. The Hall–Kier alpha value is -2.09. The molecule has 2 nitrogen and oxygen atoms in total. The molecule has 0 aliphatic carbocycles. The molecule has 2 aromatic carbocycles. The van der Waals surface area contributed by atoms with Gasteiger partial charge in [-0.25, -0.2) is 4.98 Å². The van der Waals surface area contributed by atoms with Gasteiger partial charge in [-0.2, -0.15) is 0 Å². The highest BCUT2D eigenvalue weighted by Crippen LogP contribution is 2.27. The summed E-state index contributed by atoms with van der Waals surface area (Å²) in [6.45, 7) is 2.20. The van der Waals surface area contributed by atoms with E-state index in [-0.39, 0.29) is 0 Å². The fourth-order valence-corrected chi connectivity index (χ4v) is 2.63. The summed E-state index contributed by atoms with van der Waals surface area (Å²) < 4.78 is 0. The number of rotatable bonds is 3. The van der Waals surface area contributed by atoms with E-state index in [1.165, 1.54) is 21.7 Å². The van der Waals surface area contributed by atoms with Crippen molar-refractivity contribution in [2.24, 2.45) is 0 Å². The van der Waals surface area contributed by atoms with E-state index in [0.717, 1.165) is 24.2 Å². The average molecular weight is 250 g/mol. The highest BCUT2D eigenvalue weighted by atomic mass is 15.0. The Labute approximate surface area is 113 Å². The molecular weight excluding hydrogens is 232 g/mol. The van der Waals surface area contributed by atoms with Gasteiger partial charge in [0.15, 0.2) is 0 Å². The summed E-state index contributed by atoms with van der Waals surface area (Å²) in [5.74, 6) is 1.01. The normalized spacial score (nSPS) is 11.1. The Balaban J connectivity index is 2.34. The second kappa shape index (κ2) is 4.88. The van der Waals surface area contributed by atoms with Crippen molar-refractivity contribution in [3.8, 4) is 0 Å². The van der Waals surface area contributed by atoms with Crippen LogP contribution in [0.4, 0.5) is 5.82 Å². The zero-order valence-electron chi connectivity index (χ0n) is 11.4. The number of aromatic nitrogens is 1. The molecule has 0 aliphatic heterocycles. The molecule has 0 saturated heterocycles. The smallest absolute Gasteiger partial charge is 0.129 e. The van der Waals surface area contributed by atoms with E-state index in [9.17, 15) is 0 Å². The van der Waals surface area contributed by atoms with Gasteiger partial charge >= 0.3 is 0 Å². The van der Waals surface area contributed by atoms with E-state index in [1.807, 2.05) is 7.05 Å². The van der Waals surface area contributed by atoms with E-state index in [0.29, 0.717) is 0 Å². The molecule has 2 heteroatoms. The third-order valence-electron chi connectivity index (χ3n) is 3.55. The van der Waals surface area contributed by atoms with Crippen molar-refractivity contribution >= 4 is 27.5 Å². The highest BCUT2D eigenvalue weighted by Gasteiger charge is 2.07. The first kappa shape index (κ1) is 12.0. The molecule has 0 atom stereocenters. The van der Waals surface area contributed by atoms with E-state index in [4.69, 9.17) is 4.98 Å². The van der Waals surface area contributed by atoms with E-state index < -0.39 is 0 Å². The second-order valence-electron chi connectivity index (χ2n) is 4.85. The van der Waals surface area contributed by atoms with Gasteiger partial charge in [-0.1, -0.05) is 49.7 Å². The topological polar surface area (TPSA) is 24.9 Å². The second-order valence-corrected chi connectivity index (χ2v) is 4.85. The Bertz CT molecular complexity index is 732. The molecule has 0 unspecified atom stereocenters. The average Bonchev–Trinajstić information content (AvgIpc) is 2.46. The summed E-state index contributed by atoms with van der Waals surface area (Å²) in [6.07, 6.45) is 2.20. The maximum atomic E-state index is 4.83. The van der Waals surface area contributed by atoms with Crippen LogP contribution < -0.4 is 5.32 Å². The number of benzene rings is 2. The predicted molar refractivity (Wildman–Crippen MR) is 82.8 cm³/mol. The third-order valence-corrected chi connectivity index (χ3v) is 3.55. The zero-order valence-corrected chi connectivity index (χ0v) is 11.4. The molecule has 0 saturated carbocycles. The van der Waals surface area contributed by atoms with Gasteiger partial charge < -0.3 is 5.32 Å². The van der Waals surface area contributed by atoms with Gasteiger partial charge in [-0.3, -0.25) is 0 Å². The number of anilines is 1. The minimum absolute atomic E-state index is 1.01. The molecule has 0 aliphatic rings. The van der Waals surface area contributed by atoms with Gasteiger partial charge in [0.2, 0.25) is 0 Å². The number of hydrogen-bond donors (Lipinski definition) is 1. The van der Waals surface area contributed by atoms with Gasteiger partial charge in [0.05, 0.1) is 5.52 Å². The number of hydrogen-bond acceptors (Lipinski definition) is 2. The summed E-state index contributed by atoms with van der Waals surface area (Å²) in [5.41, 5.74) is 2.38. The van der Waals surface area contributed by atoms with Crippen LogP contribution >= 0.6 is 0 Å². The summed E-state index contributed by atoms with van der Waals surface area (Å²) in [5, 5.41) is 6.91. The molecule has 0 amide bonds. The van der Waals surface area contributed by atoms with Crippen LogP contribution in [0.1, 0.15) is 18.9 Å². The monoisotopic (exact) mass is 250 g/mol. The van der Waals surface area contributed by atoms with Crippen LogP contribution in [-0.2, 0) is 6.42 Å². The lowest BCUT2D eigenvalue weighted by molar-refractivity contribution is 0.919. The van der Waals surface area contributed by atoms with Crippen molar-refractivity contribution < 1.29 is 0 Å². The first-order valence-corrected chi connectivity index (χ1v) is 6.82. The summed E-state index contributed by atoms with van der Waals surface area (Å²) in [6, 6.07) is 15.0. The van der Waals surface area contributed by atoms with Crippen LogP contribution in [0, 0.1) is 0 Å². The number of pyridine rings is 1. The fourth-order valence-electron chi connectivity index (χ4n) is 2.63. The lowest BCUT2D eigenvalue weighted by atomic mass is 10.0. The van der Waals surface area contributed by atoms with Gasteiger partial charge in [-0.15, -0.1) is 0 Å². The first-order chi connectivity index (χ1) is 9.33. The van der Waals surface area contributed by atoms with Crippen LogP contribution in [0.15, 0.2) is 42.5 Å². The van der Waals surface area contributed by atoms with Crippen LogP contribution in [0.3, 0.4) is 0 Å². The number of fused-ring (bicyclic) bond motifs is 3. The number of nitrogens with zero attached hydrogens (tertiary/aromatic N) is 1. The number of nitrogens with one attached hydrogen (secondary N) is 1. The molecule has 1 N–H and O–H groups in total. The molecule has 3 aromatic rings. The quantitative estimate of drug-likeness (QED) is 0.698. The van der Waals surface area contributed by atoms with Crippen LogP contribution in [0.5, 0.6) is 0 Å². The maximum Gasteiger partial charge on any atom is 0.129 e. The molecule has 96 valence electrons. The van der Waals surface area contributed by atoms with Gasteiger partial charge in [0, 0.05) is 17.8 Å². The molecular formula is C17H18N2. The van der Waals surface area contributed by atoms with Gasteiger partial charge in [0.25, 0.3) is 0 Å². The fraction of sp³-hybridized carbons (Fsp3) is 0.235. The summed E-state index contributed by atoms with van der Waals surface area (Å²) >= 11 is 0. The van der Waals surface area contributed by atoms with E-state index in [2.05, 4.69) is 54.7 Å².